The van der Waals surface area contributed by atoms with E-state index < -0.39 is 0 Å². The van der Waals surface area contributed by atoms with Crippen LogP contribution in [0.15, 0.2) is 38.0 Å². The van der Waals surface area contributed by atoms with Gasteiger partial charge in [0, 0.05) is 24.1 Å². The summed E-state index contributed by atoms with van der Waals surface area (Å²) in [5.41, 5.74) is 1.10. The average Bonchev–Trinajstić information content (AvgIpc) is 3.30. The third-order valence-corrected chi connectivity index (χ3v) is 9.28. The van der Waals surface area contributed by atoms with E-state index in [4.69, 9.17) is 9.73 Å². The number of fused-ring (bicyclic) bond motifs is 1. The van der Waals surface area contributed by atoms with Crippen molar-refractivity contribution in [3.63, 3.8) is 0 Å². The molecule has 0 N–H and O–H groups in total. The number of rotatable bonds is 3. The normalized spacial score (nSPS) is 26.8. The Morgan fingerprint density at radius 3 is 2.42 bits per heavy atom. The molecule has 5 rings (SSSR count). The second kappa shape index (κ2) is 9.10. The lowest BCUT2D eigenvalue weighted by Crippen LogP contribution is -2.41. The maximum absolute atomic E-state index is 13.8. The molecule has 2 aliphatic carbocycles. The highest BCUT2D eigenvalue weighted by atomic mass is 32.2. The van der Waals surface area contributed by atoms with Gasteiger partial charge in [-0.05, 0) is 49.6 Å². The van der Waals surface area contributed by atoms with Gasteiger partial charge < -0.3 is 9.64 Å². The fourth-order valence-electron chi connectivity index (χ4n) is 5.08. The molecule has 3 fully saturated rings. The minimum absolute atomic E-state index is 0.153. The zero-order valence-electron chi connectivity index (χ0n) is 18.4. The Bertz CT molecular complexity index is 917. The van der Waals surface area contributed by atoms with E-state index in [-0.39, 0.29) is 5.91 Å². The largest absolute Gasteiger partial charge is 0.497 e. The molecule has 0 bridgehead atoms. The van der Waals surface area contributed by atoms with Crippen LogP contribution in [0.4, 0.5) is 5.69 Å². The Hall–Kier alpha value is -1.60. The number of benzene rings is 1. The van der Waals surface area contributed by atoms with E-state index in [1.165, 1.54) is 43.4 Å². The van der Waals surface area contributed by atoms with Gasteiger partial charge in [-0.1, -0.05) is 50.3 Å². The van der Waals surface area contributed by atoms with Crippen molar-refractivity contribution in [2.45, 2.75) is 81.2 Å². The van der Waals surface area contributed by atoms with Crippen molar-refractivity contribution < 1.29 is 9.53 Å². The number of amides is 1. The summed E-state index contributed by atoms with van der Waals surface area (Å²) in [4.78, 5) is 25.1. The molecule has 2 heterocycles. The van der Waals surface area contributed by atoms with Gasteiger partial charge in [-0.2, -0.15) is 0 Å². The summed E-state index contributed by atoms with van der Waals surface area (Å²) in [6, 6.07) is 6.79. The van der Waals surface area contributed by atoms with E-state index in [1.807, 2.05) is 6.07 Å². The number of anilines is 1. The lowest BCUT2D eigenvalue weighted by Gasteiger charge is -2.31. The van der Waals surface area contributed by atoms with Crippen LogP contribution in [0.3, 0.4) is 0 Å². The summed E-state index contributed by atoms with van der Waals surface area (Å²) in [5.74, 6) is 0.992. The highest BCUT2D eigenvalue weighted by Crippen LogP contribution is 2.51. The van der Waals surface area contributed by atoms with Crippen LogP contribution in [0.5, 0.6) is 5.75 Å². The molecule has 0 unspecified atom stereocenters. The molecule has 0 radical (unpaired) electrons. The summed E-state index contributed by atoms with van der Waals surface area (Å²) < 4.78 is 5.42. The molecule has 0 atom stereocenters. The number of carbonyl (C=O) groups excluding carboxylic acids is 1. The molecular weight excluding hydrogens is 426 g/mol. The molecule has 0 aromatic heterocycles. The first-order valence-corrected chi connectivity index (χ1v) is 13.2. The second-order valence-corrected chi connectivity index (χ2v) is 10.9. The molecule has 1 amide bonds. The monoisotopic (exact) mass is 457 g/mol. The van der Waals surface area contributed by atoms with E-state index in [9.17, 15) is 4.79 Å². The van der Waals surface area contributed by atoms with Crippen LogP contribution in [0.2, 0.25) is 0 Å². The molecule has 1 aromatic rings. The van der Waals surface area contributed by atoms with Crippen molar-refractivity contribution in [1.29, 1.82) is 0 Å². The van der Waals surface area contributed by atoms with Gasteiger partial charge in [-0.15, -0.1) is 0 Å². The topological polar surface area (TPSA) is 45.1 Å². The van der Waals surface area contributed by atoms with Crippen LogP contribution in [0, 0.1) is 0 Å². The third-order valence-electron chi connectivity index (χ3n) is 6.85. The summed E-state index contributed by atoms with van der Waals surface area (Å²) in [5, 5.41) is 1.97. The number of nitrogens with zero attached hydrogens (tertiary/aromatic N) is 3. The molecule has 5 nitrogen and oxygen atoms in total. The van der Waals surface area contributed by atoms with Gasteiger partial charge in [0.15, 0.2) is 5.17 Å². The first-order chi connectivity index (χ1) is 15.2. The Kier molecular flexibility index (Phi) is 6.24. The number of ether oxygens (including phenoxy) is 1. The summed E-state index contributed by atoms with van der Waals surface area (Å²) in [6.07, 6.45) is 12.0. The van der Waals surface area contributed by atoms with Crippen molar-refractivity contribution in [2.75, 3.05) is 19.1 Å². The van der Waals surface area contributed by atoms with Crippen molar-refractivity contribution in [3.05, 3.63) is 28.1 Å². The molecule has 2 saturated carbocycles. The molecule has 4 aliphatic rings. The van der Waals surface area contributed by atoms with Crippen LogP contribution in [0.25, 0.3) is 0 Å². The van der Waals surface area contributed by atoms with Crippen LogP contribution < -0.4 is 9.64 Å². The van der Waals surface area contributed by atoms with Crippen LogP contribution in [-0.4, -0.2) is 42.2 Å². The summed E-state index contributed by atoms with van der Waals surface area (Å²) in [6.45, 7) is 0. The van der Waals surface area contributed by atoms with E-state index in [0.717, 1.165) is 52.2 Å². The summed E-state index contributed by atoms with van der Waals surface area (Å²) >= 11 is 3.30. The van der Waals surface area contributed by atoms with Gasteiger partial charge in [0.2, 0.25) is 0 Å². The Morgan fingerprint density at radius 2 is 1.71 bits per heavy atom. The van der Waals surface area contributed by atoms with E-state index in [1.54, 1.807) is 30.6 Å². The Labute approximate surface area is 193 Å². The maximum atomic E-state index is 13.8. The van der Waals surface area contributed by atoms with Crippen molar-refractivity contribution in [2.24, 2.45) is 4.99 Å². The lowest BCUT2D eigenvalue weighted by atomic mass is 9.94. The lowest BCUT2D eigenvalue weighted by molar-refractivity contribution is -0.124. The van der Waals surface area contributed by atoms with Gasteiger partial charge in [-0.3, -0.25) is 14.7 Å². The number of hydrogen-bond acceptors (Lipinski definition) is 6. The zero-order valence-corrected chi connectivity index (χ0v) is 20.1. The third kappa shape index (κ3) is 4.11. The number of amidine groups is 1. The van der Waals surface area contributed by atoms with Crippen LogP contribution in [0.1, 0.15) is 64.2 Å². The second-order valence-electron chi connectivity index (χ2n) is 8.90. The van der Waals surface area contributed by atoms with E-state index in [0.29, 0.717) is 12.1 Å². The number of methoxy groups -OCH3 is 1. The Balaban J connectivity index is 1.49. The fraction of sp³-hybridized carbons (Fsp3) is 0.583. The highest BCUT2D eigenvalue weighted by molar-refractivity contribution is 8.19. The summed E-state index contributed by atoms with van der Waals surface area (Å²) in [7, 11) is 3.74. The van der Waals surface area contributed by atoms with Crippen LogP contribution in [-0.2, 0) is 4.79 Å². The number of carbonyl (C=O) groups is 1. The molecule has 1 saturated heterocycles. The average molecular weight is 458 g/mol. The van der Waals surface area contributed by atoms with Gasteiger partial charge in [-0.25, -0.2) is 0 Å². The number of hydrogen-bond donors (Lipinski definition) is 0. The van der Waals surface area contributed by atoms with Gasteiger partial charge >= 0.3 is 0 Å². The van der Waals surface area contributed by atoms with E-state index >= 15 is 0 Å². The van der Waals surface area contributed by atoms with Crippen LogP contribution >= 0.6 is 23.5 Å². The predicted molar refractivity (Wildman–Crippen MR) is 130 cm³/mol. The van der Waals surface area contributed by atoms with Gasteiger partial charge in [0.1, 0.15) is 10.7 Å². The quantitative estimate of drug-likeness (QED) is 0.521. The predicted octanol–water partition coefficient (Wildman–Crippen LogP) is 6.00. The van der Waals surface area contributed by atoms with Gasteiger partial charge in [0.05, 0.1) is 23.9 Å². The molecular formula is C24H31N3O2S2. The first kappa shape index (κ1) is 21.3. The van der Waals surface area contributed by atoms with Crippen molar-refractivity contribution in [1.82, 2.24) is 4.90 Å². The maximum Gasteiger partial charge on any atom is 0.269 e. The molecule has 166 valence electrons. The SMILES string of the molecule is COc1ccc2c(c1)N(C)/C(=C1/SC(=NC3CCCCC3)N(C3CCCCC3)C1=O)S2. The molecule has 7 heteroatoms. The number of aliphatic imine (C=N–C) groups is 1. The standard InChI is InChI=1S/C24H31N3O2S2/c1-26-19-15-18(29-2)13-14-20(19)30-23(26)21-22(28)27(17-11-7-4-8-12-17)24(31-21)25-16-9-5-3-6-10-16/h13-17H,3-12H2,1-2H3/b23-21-,25-24?. The minimum atomic E-state index is 0.153. The minimum Gasteiger partial charge on any atom is -0.497 e. The van der Waals surface area contributed by atoms with Crippen molar-refractivity contribution >= 4 is 40.3 Å². The van der Waals surface area contributed by atoms with Crippen molar-refractivity contribution in [3.8, 4) is 5.75 Å². The first-order valence-electron chi connectivity index (χ1n) is 11.6. The molecule has 0 spiro atoms. The van der Waals surface area contributed by atoms with Gasteiger partial charge in [0.25, 0.3) is 5.91 Å². The Morgan fingerprint density at radius 1 is 1.00 bits per heavy atom. The smallest absolute Gasteiger partial charge is 0.269 e. The highest BCUT2D eigenvalue weighted by Gasteiger charge is 2.42. The van der Waals surface area contributed by atoms with E-state index in [2.05, 4.69) is 29.0 Å². The molecule has 1 aromatic carbocycles. The zero-order chi connectivity index (χ0) is 21.4. The number of thioether (sulfide) groups is 2. The fourth-order valence-corrected chi connectivity index (χ4v) is 7.52. The molecule has 2 aliphatic heterocycles. The molecule has 31 heavy (non-hydrogen) atoms.